The molecule has 0 amide bonds. The Morgan fingerprint density at radius 2 is 2.44 bits per heavy atom. The van der Waals surface area contributed by atoms with E-state index in [9.17, 15) is 4.79 Å². The average Bonchev–Trinajstić information content (AvgIpc) is 3.04. The van der Waals surface area contributed by atoms with Gasteiger partial charge in [-0.1, -0.05) is 6.07 Å². The molecule has 0 spiro atoms. The third-order valence-corrected chi connectivity index (χ3v) is 4.42. The van der Waals surface area contributed by atoms with Gasteiger partial charge in [-0.05, 0) is 24.3 Å². The molecule has 1 aliphatic rings. The highest BCUT2D eigenvalue weighted by Crippen LogP contribution is 2.32. The molecule has 94 valence electrons. The van der Waals surface area contributed by atoms with Crippen molar-refractivity contribution in [2.75, 3.05) is 18.6 Å². The first-order valence-corrected chi connectivity index (χ1v) is 7.09. The summed E-state index contributed by atoms with van der Waals surface area (Å²) in [6, 6.07) is 5.54. The minimum atomic E-state index is -0.334. The summed E-state index contributed by atoms with van der Waals surface area (Å²) in [7, 11) is 1.39. The van der Waals surface area contributed by atoms with Crippen LogP contribution in [0.1, 0.15) is 28.5 Å². The number of aromatic amines is 1. The second kappa shape index (κ2) is 4.65. The van der Waals surface area contributed by atoms with Crippen LogP contribution in [0, 0.1) is 0 Å². The Morgan fingerprint density at radius 3 is 3.17 bits per heavy atom. The van der Waals surface area contributed by atoms with Gasteiger partial charge in [-0.3, -0.25) is 0 Å². The normalized spacial score (nSPS) is 19.3. The van der Waals surface area contributed by atoms with Crippen molar-refractivity contribution in [3.8, 4) is 0 Å². The largest absolute Gasteiger partial charge is 0.465 e. The summed E-state index contributed by atoms with van der Waals surface area (Å²) < 4.78 is 4.78. The van der Waals surface area contributed by atoms with Crippen LogP contribution >= 0.6 is 11.8 Å². The topological polar surface area (TPSA) is 55.0 Å². The zero-order valence-electron chi connectivity index (χ0n) is 10.1. The minimum Gasteiger partial charge on any atom is -0.465 e. The van der Waals surface area contributed by atoms with Gasteiger partial charge in [-0.15, -0.1) is 0 Å². The number of fused-ring (bicyclic) bond motifs is 1. The maximum absolute atomic E-state index is 11.7. The lowest BCUT2D eigenvalue weighted by Gasteiger charge is -2.01. The van der Waals surface area contributed by atoms with E-state index in [-0.39, 0.29) is 5.97 Å². The van der Waals surface area contributed by atoms with E-state index in [1.807, 2.05) is 23.9 Å². The standard InChI is InChI=1S/C13H14N2O2S/c1-17-13(16)9-3-2-4-10-11(9)15-12(14-10)8-5-6-18-7-8/h2-4,8H,5-7H2,1H3,(H,14,15). The minimum absolute atomic E-state index is 0.334. The Morgan fingerprint density at radius 1 is 1.56 bits per heavy atom. The molecule has 1 fully saturated rings. The average molecular weight is 262 g/mol. The van der Waals surface area contributed by atoms with Crippen LogP contribution in [0.15, 0.2) is 18.2 Å². The molecule has 18 heavy (non-hydrogen) atoms. The van der Waals surface area contributed by atoms with Crippen LogP contribution in [-0.4, -0.2) is 34.6 Å². The number of thioether (sulfide) groups is 1. The fraction of sp³-hybridized carbons (Fsp3) is 0.385. The van der Waals surface area contributed by atoms with E-state index >= 15 is 0 Å². The summed E-state index contributed by atoms with van der Waals surface area (Å²) >= 11 is 1.95. The van der Waals surface area contributed by atoms with Gasteiger partial charge >= 0.3 is 5.97 Å². The molecule has 1 saturated heterocycles. The maximum Gasteiger partial charge on any atom is 0.340 e. The lowest BCUT2D eigenvalue weighted by Crippen LogP contribution is -2.02. The number of ether oxygens (including phenoxy) is 1. The number of carbonyl (C=O) groups excluding carboxylic acids is 1. The van der Waals surface area contributed by atoms with Gasteiger partial charge in [-0.2, -0.15) is 11.8 Å². The van der Waals surface area contributed by atoms with Crippen LogP contribution in [0.2, 0.25) is 0 Å². The van der Waals surface area contributed by atoms with Gasteiger partial charge in [0.15, 0.2) is 0 Å². The molecule has 5 heteroatoms. The van der Waals surface area contributed by atoms with Crippen molar-refractivity contribution in [2.45, 2.75) is 12.3 Å². The van der Waals surface area contributed by atoms with Crippen LogP contribution in [0.5, 0.6) is 0 Å². The summed E-state index contributed by atoms with van der Waals surface area (Å²) in [5, 5.41) is 0. The quantitative estimate of drug-likeness (QED) is 0.845. The monoisotopic (exact) mass is 262 g/mol. The van der Waals surface area contributed by atoms with Crippen molar-refractivity contribution in [2.24, 2.45) is 0 Å². The molecule has 1 N–H and O–H groups in total. The van der Waals surface area contributed by atoms with E-state index in [0.717, 1.165) is 29.0 Å². The maximum atomic E-state index is 11.7. The number of benzene rings is 1. The molecule has 2 aromatic rings. The van der Waals surface area contributed by atoms with E-state index in [1.54, 1.807) is 6.07 Å². The van der Waals surface area contributed by atoms with Gasteiger partial charge in [0.2, 0.25) is 0 Å². The molecule has 3 rings (SSSR count). The summed E-state index contributed by atoms with van der Waals surface area (Å²) in [6.45, 7) is 0. The Bertz CT molecular complexity index is 588. The number of aromatic nitrogens is 2. The van der Waals surface area contributed by atoms with Gasteiger partial charge < -0.3 is 9.72 Å². The first-order valence-electron chi connectivity index (χ1n) is 5.94. The van der Waals surface area contributed by atoms with Crippen LogP contribution < -0.4 is 0 Å². The van der Waals surface area contributed by atoms with E-state index in [0.29, 0.717) is 11.5 Å². The van der Waals surface area contributed by atoms with Crippen molar-refractivity contribution < 1.29 is 9.53 Å². The Balaban J connectivity index is 2.08. The molecule has 0 bridgehead atoms. The van der Waals surface area contributed by atoms with Crippen LogP contribution in [0.3, 0.4) is 0 Å². The molecule has 1 atom stereocenters. The molecule has 0 radical (unpaired) electrons. The molecule has 0 saturated carbocycles. The third kappa shape index (κ3) is 1.88. The predicted molar refractivity (Wildman–Crippen MR) is 72.1 cm³/mol. The summed E-state index contributed by atoms with van der Waals surface area (Å²) in [5.41, 5.74) is 2.16. The number of esters is 1. The van der Waals surface area contributed by atoms with Crippen LogP contribution in [0.25, 0.3) is 11.0 Å². The molecule has 2 heterocycles. The number of nitrogens with zero attached hydrogens (tertiary/aromatic N) is 1. The zero-order chi connectivity index (χ0) is 12.5. The highest BCUT2D eigenvalue weighted by Gasteiger charge is 2.22. The fourth-order valence-corrected chi connectivity index (χ4v) is 3.50. The summed E-state index contributed by atoms with van der Waals surface area (Å²) in [4.78, 5) is 19.6. The highest BCUT2D eigenvalue weighted by molar-refractivity contribution is 7.99. The van der Waals surface area contributed by atoms with Gasteiger partial charge in [0.25, 0.3) is 0 Å². The SMILES string of the molecule is COC(=O)c1cccc2[nH]c(C3CCSC3)nc12. The van der Waals surface area contributed by atoms with Gasteiger partial charge in [0.05, 0.1) is 18.2 Å². The number of imidazole rings is 1. The van der Waals surface area contributed by atoms with E-state index in [1.165, 1.54) is 12.9 Å². The molecular formula is C13H14N2O2S. The number of carbonyl (C=O) groups is 1. The fourth-order valence-electron chi connectivity index (χ4n) is 2.27. The van der Waals surface area contributed by atoms with E-state index < -0.39 is 0 Å². The van der Waals surface area contributed by atoms with Gasteiger partial charge in [0, 0.05) is 11.7 Å². The molecule has 0 aliphatic carbocycles. The first kappa shape index (κ1) is 11.6. The van der Waals surface area contributed by atoms with Crippen molar-refractivity contribution in [3.05, 3.63) is 29.6 Å². The number of hydrogen-bond donors (Lipinski definition) is 1. The first-order chi connectivity index (χ1) is 8.79. The molecule has 4 nitrogen and oxygen atoms in total. The lowest BCUT2D eigenvalue weighted by atomic mass is 10.1. The highest BCUT2D eigenvalue weighted by atomic mass is 32.2. The number of nitrogens with one attached hydrogen (secondary N) is 1. The molecular weight excluding hydrogens is 248 g/mol. The summed E-state index contributed by atoms with van der Waals surface area (Å²) in [5.74, 6) is 3.43. The van der Waals surface area contributed by atoms with E-state index in [4.69, 9.17) is 4.74 Å². The van der Waals surface area contributed by atoms with Crippen molar-refractivity contribution >= 4 is 28.8 Å². The lowest BCUT2D eigenvalue weighted by molar-refractivity contribution is 0.0603. The molecule has 1 aromatic carbocycles. The third-order valence-electron chi connectivity index (χ3n) is 3.25. The number of H-pyrrole nitrogens is 1. The number of para-hydroxylation sites is 1. The Kier molecular flexibility index (Phi) is 2.99. The number of hydrogen-bond acceptors (Lipinski definition) is 4. The molecule has 1 aliphatic heterocycles. The van der Waals surface area contributed by atoms with Gasteiger partial charge in [-0.25, -0.2) is 9.78 Å². The second-order valence-electron chi connectivity index (χ2n) is 4.38. The van der Waals surface area contributed by atoms with Gasteiger partial charge in [0.1, 0.15) is 11.3 Å². The second-order valence-corrected chi connectivity index (χ2v) is 5.53. The molecule has 1 unspecified atom stereocenters. The van der Waals surface area contributed by atoms with Crippen molar-refractivity contribution in [1.82, 2.24) is 9.97 Å². The van der Waals surface area contributed by atoms with E-state index in [2.05, 4.69) is 9.97 Å². The number of rotatable bonds is 2. The van der Waals surface area contributed by atoms with Crippen LogP contribution in [-0.2, 0) is 4.74 Å². The Labute approximate surface area is 109 Å². The smallest absolute Gasteiger partial charge is 0.340 e. The molecule has 1 aromatic heterocycles. The van der Waals surface area contributed by atoms with Crippen molar-refractivity contribution in [1.29, 1.82) is 0 Å². The number of methoxy groups -OCH3 is 1. The van der Waals surface area contributed by atoms with Crippen molar-refractivity contribution in [3.63, 3.8) is 0 Å². The predicted octanol–water partition coefficient (Wildman–Crippen LogP) is 2.57. The zero-order valence-corrected chi connectivity index (χ0v) is 10.9. The van der Waals surface area contributed by atoms with Crippen LogP contribution in [0.4, 0.5) is 0 Å². The Hall–Kier alpha value is -1.49. The summed E-state index contributed by atoms with van der Waals surface area (Å²) in [6.07, 6.45) is 1.15.